The van der Waals surface area contributed by atoms with E-state index in [1.54, 1.807) is 14.0 Å². The molecule has 0 aliphatic rings. The van der Waals surface area contributed by atoms with Crippen LogP contribution in [0, 0.1) is 11.6 Å². The molecule has 2 aromatic rings. The number of nitrogens with one attached hydrogen (secondary N) is 1. The van der Waals surface area contributed by atoms with Gasteiger partial charge in [-0.3, -0.25) is 0 Å². The maximum Gasteiger partial charge on any atom is 0.130 e. The molecule has 0 radical (unpaired) electrons. The Labute approximate surface area is 123 Å². The van der Waals surface area contributed by atoms with Crippen LogP contribution in [0.4, 0.5) is 8.78 Å². The van der Waals surface area contributed by atoms with Gasteiger partial charge in [-0.15, -0.1) is 0 Å². The van der Waals surface area contributed by atoms with Gasteiger partial charge in [0, 0.05) is 18.7 Å². The van der Waals surface area contributed by atoms with E-state index in [0.717, 1.165) is 5.56 Å². The quantitative estimate of drug-likeness (QED) is 0.868. The van der Waals surface area contributed by atoms with E-state index in [4.69, 9.17) is 4.74 Å². The number of rotatable bonds is 6. The Morgan fingerprint density at radius 2 is 1.62 bits per heavy atom. The van der Waals surface area contributed by atoms with Gasteiger partial charge in [0.25, 0.3) is 0 Å². The number of hydrogen-bond acceptors (Lipinski definition) is 2. The highest BCUT2D eigenvalue weighted by molar-refractivity contribution is 5.24. The zero-order valence-corrected chi connectivity index (χ0v) is 12.1. The van der Waals surface area contributed by atoms with E-state index < -0.39 is 17.7 Å². The van der Waals surface area contributed by atoms with E-state index in [1.807, 2.05) is 30.3 Å². The van der Waals surface area contributed by atoms with Crippen LogP contribution in [-0.2, 0) is 4.74 Å². The van der Waals surface area contributed by atoms with Gasteiger partial charge in [0.15, 0.2) is 0 Å². The third-order valence-corrected chi connectivity index (χ3v) is 3.42. The highest BCUT2D eigenvalue weighted by Gasteiger charge is 2.20. The average molecular weight is 291 g/mol. The Kier molecular flexibility index (Phi) is 5.42. The van der Waals surface area contributed by atoms with Crippen molar-refractivity contribution in [1.29, 1.82) is 0 Å². The van der Waals surface area contributed by atoms with Gasteiger partial charge in [-0.1, -0.05) is 36.4 Å². The Balaban J connectivity index is 2.21. The summed E-state index contributed by atoms with van der Waals surface area (Å²) < 4.78 is 32.9. The van der Waals surface area contributed by atoms with E-state index in [1.165, 1.54) is 18.2 Å². The van der Waals surface area contributed by atoms with E-state index in [9.17, 15) is 8.78 Å². The number of methoxy groups -OCH3 is 1. The molecule has 0 aliphatic carbocycles. The molecular weight excluding hydrogens is 272 g/mol. The summed E-state index contributed by atoms with van der Waals surface area (Å²) in [7, 11) is 1.60. The first-order chi connectivity index (χ1) is 10.1. The van der Waals surface area contributed by atoms with Crippen molar-refractivity contribution in [2.24, 2.45) is 0 Å². The lowest BCUT2D eigenvalue weighted by molar-refractivity contribution is 0.161. The minimum Gasteiger partial charge on any atom is -0.383 e. The molecular formula is C17H19F2NO. The van der Waals surface area contributed by atoms with Crippen LogP contribution in [0.25, 0.3) is 0 Å². The van der Waals surface area contributed by atoms with E-state index in [0.29, 0.717) is 6.61 Å². The fourth-order valence-electron chi connectivity index (χ4n) is 2.40. The largest absolute Gasteiger partial charge is 0.383 e. The Morgan fingerprint density at radius 3 is 2.19 bits per heavy atom. The molecule has 0 saturated heterocycles. The van der Waals surface area contributed by atoms with Crippen molar-refractivity contribution in [2.75, 3.05) is 13.7 Å². The highest BCUT2D eigenvalue weighted by atomic mass is 19.1. The summed E-state index contributed by atoms with van der Waals surface area (Å²) in [6.07, 6.45) is 0. The van der Waals surface area contributed by atoms with Crippen LogP contribution in [0.3, 0.4) is 0 Å². The summed E-state index contributed by atoms with van der Waals surface area (Å²) in [4.78, 5) is 0. The number of hydrogen-bond donors (Lipinski definition) is 1. The topological polar surface area (TPSA) is 21.3 Å². The predicted octanol–water partition coefficient (Wildman–Crippen LogP) is 4.00. The molecule has 1 N–H and O–H groups in total. The Hall–Kier alpha value is -1.78. The third-order valence-electron chi connectivity index (χ3n) is 3.42. The molecule has 4 heteroatoms. The molecule has 2 unspecified atom stereocenters. The second-order valence-corrected chi connectivity index (χ2v) is 4.94. The number of benzene rings is 2. The zero-order valence-electron chi connectivity index (χ0n) is 12.1. The molecule has 2 rings (SSSR count). The SMILES string of the molecule is COCC(NC(C)c1c(F)cccc1F)c1ccccc1. The van der Waals surface area contributed by atoms with Gasteiger partial charge in [0.2, 0.25) is 0 Å². The predicted molar refractivity (Wildman–Crippen MR) is 79.0 cm³/mol. The average Bonchev–Trinajstić information content (AvgIpc) is 2.47. The fraction of sp³-hybridized carbons (Fsp3) is 0.294. The fourth-order valence-corrected chi connectivity index (χ4v) is 2.40. The Morgan fingerprint density at radius 1 is 1.00 bits per heavy atom. The summed E-state index contributed by atoms with van der Waals surface area (Å²) in [6, 6.07) is 13.0. The molecule has 0 saturated carbocycles. The first-order valence-corrected chi connectivity index (χ1v) is 6.87. The van der Waals surface area contributed by atoms with Crippen molar-refractivity contribution < 1.29 is 13.5 Å². The molecule has 2 aromatic carbocycles. The number of halogens is 2. The van der Waals surface area contributed by atoms with Crippen LogP contribution in [0.15, 0.2) is 48.5 Å². The molecule has 112 valence electrons. The summed E-state index contributed by atoms with van der Waals surface area (Å²) >= 11 is 0. The molecule has 0 spiro atoms. The first kappa shape index (κ1) is 15.6. The van der Waals surface area contributed by atoms with Crippen LogP contribution in [0.2, 0.25) is 0 Å². The molecule has 0 fully saturated rings. The molecule has 2 nitrogen and oxygen atoms in total. The van der Waals surface area contributed by atoms with Crippen LogP contribution >= 0.6 is 0 Å². The second-order valence-electron chi connectivity index (χ2n) is 4.94. The van der Waals surface area contributed by atoms with Gasteiger partial charge in [-0.2, -0.15) is 0 Å². The summed E-state index contributed by atoms with van der Waals surface area (Å²) in [5.74, 6) is -1.08. The minimum absolute atomic E-state index is 0.0505. The van der Waals surface area contributed by atoms with Gasteiger partial charge in [0.05, 0.1) is 12.6 Å². The minimum atomic E-state index is -0.542. The standard InChI is InChI=1S/C17H19F2NO/c1-12(17-14(18)9-6-10-15(17)19)20-16(11-21-2)13-7-4-3-5-8-13/h3-10,12,16,20H,11H2,1-2H3. The smallest absolute Gasteiger partial charge is 0.130 e. The molecule has 2 atom stereocenters. The maximum atomic E-state index is 13.8. The van der Waals surface area contributed by atoms with Crippen LogP contribution in [-0.4, -0.2) is 13.7 Å². The van der Waals surface area contributed by atoms with Crippen molar-refractivity contribution in [1.82, 2.24) is 5.32 Å². The van der Waals surface area contributed by atoms with Gasteiger partial charge in [0.1, 0.15) is 11.6 Å². The Bertz CT molecular complexity index is 554. The molecule has 21 heavy (non-hydrogen) atoms. The van der Waals surface area contributed by atoms with Gasteiger partial charge < -0.3 is 10.1 Å². The lowest BCUT2D eigenvalue weighted by Crippen LogP contribution is -2.29. The van der Waals surface area contributed by atoms with Crippen molar-refractivity contribution in [3.05, 3.63) is 71.3 Å². The van der Waals surface area contributed by atoms with Crippen LogP contribution in [0.1, 0.15) is 30.1 Å². The van der Waals surface area contributed by atoms with E-state index >= 15 is 0 Å². The second kappa shape index (κ2) is 7.29. The third kappa shape index (κ3) is 3.86. The molecule has 0 heterocycles. The summed E-state index contributed by atoms with van der Waals surface area (Å²) in [5.41, 5.74) is 1.07. The van der Waals surface area contributed by atoms with E-state index in [2.05, 4.69) is 5.32 Å². The van der Waals surface area contributed by atoms with Gasteiger partial charge in [-0.05, 0) is 24.6 Å². The molecule has 0 bridgehead atoms. The van der Waals surface area contributed by atoms with Crippen molar-refractivity contribution in [3.8, 4) is 0 Å². The summed E-state index contributed by atoms with van der Waals surface area (Å²) in [5, 5.41) is 3.23. The van der Waals surface area contributed by atoms with Crippen molar-refractivity contribution >= 4 is 0 Å². The van der Waals surface area contributed by atoms with Crippen LogP contribution < -0.4 is 5.32 Å². The molecule has 0 aliphatic heterocycles. The maximum absolute atomic E-state index is 13.8. The van der Waals surface area contributed by atoms with Crippen LogP contribution in [0.5, 0.6) is 0 Å². The van der Waals surface area contributed by atoms with E-state index in [-0.39, 0.29) is 11.6 Å². The normalized spacial score (nSPS) is 13.9. The van der Waals surface area contributed by atoms with Crippen molar-refractivity contribution in [3.63, 3.8) is 0 Å². The monoisotopic (exact) mass is 291 g/mol. The molecule has 0 amide bonds. The van der Waals surface area contributed by atoms with Gasteiger partial charge in [-0.25, -0.2) is 8.78 Å². The molecule has 0 aromatic heterocycles. The zero-order chi connectivity index (χ0) is 15.2. The van der Waals surface area contributed by atoms with Gasteiger partial charge >= 0.3 is 0 Å². The van der Waals surface area contributed by atoms with Crippen molar-refractivity contribution in [2.45, 2.75) is 19.0 Å². The number of ether oxygens (including phenoxy) is 1. The lowest BCUT2D eigenvalue weighted by Gasteiger charge is -2.24. The highest BCUT2D eigenvalue weighted by Crippen LogP contribution is 2.24. The first-order valence-electron chi connectivity index (χ1n) is 6.87. The lowest BCUT2D eigenvalue weighted by atomic mass is 10.0. The summed E-state index contributed by atoms with van der Waals surface area (Å²) in [6.45, 7) is 2.16.